The van der Waals surface area contributed by atoms with Crippen LogP contribution in [0.15, 0.2) is 29.2 Å². The second-order valence-corrected chi connectivity index (χ2v) is 7.14. The summed E-state index contributed by atoms with van der Waals surface area (Å²) in [5.41, 5.74) is -0.976. The fraction of sp³-hybridized carbons (Fsp3) is 0.429. The number of carbonyl (C=O) groups excluding carboxylic acids is 1. The van der Waals surface area contributed by atoms with Crippen molar-refractivity contribution in [3.05, 3.63) is 29.8 Å². The van der Waals surface area contributed by atoms with E-state index in [0.29, 0.717) is 41.0 Å². The van der Waals surface area contributed by atoms with Crippen LogP contribution in [0.2, 0.25) is 0 Å². The molecule has 1 aromatic carbocycles. The van der Waals surface area contributed by atoms with Gasteiger partial charge in [-0.1, -0.05) is 11.8 Å². The Hall–Kier alpha value is -1.28. The van der Waals surface area contributed by atoms with Crippen LogP contribution >= 0.6 is 23.5 Å². The second kappa shape index (κ2) is 7.32. The average molecular weight is 347 g/mol. The summed E-state index contributed by atoms with van der Waals surface area (Å²) >= 11 is 2.05. The van der Waals surface area contributed by atoms with E-state index in [1.54, 1.807) is 11.8 Å². The van der Waals surface area contributed by atoms with E-state index in [1.165, 1.54) is 24.3 Å². The molecule has 0 spiro atoms. The Morgan fingerprint density at radius 2 is 1.82 bits per heavy atom. The van der Waals surface area contributed by atoms with E-state index >= 15 is 0 Å². The van der Waals surface area contributed by atoms with Crippen LogP contribution in [0.3, 0.4) is 0 Å². The van der Waals surface area contributed by atoms with Crippen molar-refractivity contribution in [2.45, 2.75) is 29.0 Å². The molecule has 1 saturated heterocycles. The number of aliphatic carboxylic acids is 1. The number of alkyl halides is 2. The van der Waals surface area contributed by atoms with Crippen molar-refractivity contribution >= 4 is 35.4 Å². The molecule has 22 heavy (non-hydrogen) atoms. The number of halogens is 2. The van der Waals surface area contributed by atoms with E-state index < -0.39 is 23.2 Å². The Kier molecular flexibility index (Phi) is 5.69. The molecule has 2 rings (SSSR count). The highest BCUT2D eigenvalue weighted by Crippen LogP contribution is 2.28. The van der Waals surface area contributed by atoms with Gasteiger partial charge < -0.3 is 10.4 Å². The molecule has 1 aliphatic rings. The van der Waals surface area contributed by atoms with Crippen LogP contribution in [-0.2, 0) is 4.79 Å². The summed E-state index contributed by atoms with van der Waals surface area (Å²) in [5.74, 6) is -2.70. The highest BCUT2D eigenvalue weighted by Gasteiger charge is 2.41. The lowest BCUT2D eigenvalue weighted by molar-refractivity contribution is -0.144. The first-order chi connectivity index (χ1) is 10.4. The first-order valence-corrected chi connectivity index (χ1v) is 8.65. The average Bonchev–Trinajstić information content (AvgIpc) is 2.48. The van der Waals surface area contributed by atoms with Crippen LogP contribution in [0.1, 0.15) is 23.2 Å². The summed E-state index contributed by atoms with van der Waals surface area (Å²) in [6, 6.07) is 5.70. The van der Waals surface area contributed by atoms with Crippen molar-refractivity contribution in [3.8, 4) is 0 Å². The van der Waals surface area contributed by atoms with Gasteiger partial charge in [0.15, 0.2) is 0 Å². The fourth-order valence-corrected chi connectivity index (χ4v) is 3.88. The number of carboxylic acids is 1. The van der Waals surface area contributed by atoms with Gasteiger partial charge in [-0.3, -0.25) is 4.79 Å². The molecule has 4 nitrogen and oxygen atoms in total. The van der Waals surface area contributed by atoms with Crippen molar-refractivity contribution in [2.24, 2.45) is 0 Å². The Balaban J connectivity index is 2.08. The second-order valence-electron chi connectivity index (χ2n) is 4.86. The summed E-state index contributed by atoms with van der Waals surface area (Å²) in [6.07, 6.45) is 0.746. The van der Waals surface area contributed by atoms with Crippen LogP contribution in [0.5, 0.6) is 0 Å². The molecule has 1 amide bonds. The fourth-order valence-electron chi connectivity index (χ4n) is 2.19. The third-order valence-corrected chi connectivity index (χ3v) is 5.16. The molecule has 1 aliphatic heterocycles. The lowest BCUT2D eigenvalue weighted by Gasteiger charge is -2.33. The topological polar surface area (TPSA) is 66.4 Å². The largest absolute Gasteiger partial charge is 0.480 e. The zero-order chi connectivity index (χ0) is 16.2. The van der Waals surface area contributed by atoms with Crippen LogP contribution in [0.25, 0.3) is 0 Å². The molecule has 0 radical (unpaired) electrons. The highest BCUT2D eigenvalue weighted by molar-refractivity contribution is 7.99. The van der Waals surface area contributed by atoms with Gasteiger partial charge in [-0.2, -0.15) is 20.5 Å². The van der Waals surface area contributed by atoms with Gasteiger partial charge in [0.25, 0.3) is 11.7 Å². The van der Waals surface area contributed by atoms with Crippen molar-refractivity contribution in [2.75, 3.05) is 11.5 Å². The van der Waals surface area contributed by atoms with Crippen LogP contribution in [-0.4, -0.2) is 39.8 Å². The van der Waals surface area contributed by atoms with Crippen molar-refractivity contribution < 1.29 is 23.5 Å². The Bertz CT molecular complexity index is 546. The predicted molar refractivity (Wildman–Crippen MR) is 82.7 cm³/mol. The van der Waals surface area contributed by atoms with E-state index in [-0.39, 0.29) is 5.56 Å². The number of benzene rings is 1. The zero-order valence-electron chi connectivity index (χ0n) is 11.6. The number of carboxylic acid groups (broad SMARTS) is 1. The summed E-state index contributed by atoms with van der Waals surface area (Å²) in [7, 11) is 0. The van der Waals surface area contributed by atoms with Gasteiger partial charge >= 0.3 is 5.97 Å². The van der Waals surface area contributed by atoms with Crippen molar-refractivity contribution in [1.82, 2.24) is 5.32 Å². The van der Waals surface area contributed by atoms with Crippen molar-refractivity contribution in [3.63, 3.8) is 0 Å². The van der Waals surface area contributed by atoms with Crippen LogP contribution in [0, 0.1) is 0 Å². The van der Waals surface area contributed by atoms with E-state index in [0.717, 1.165) is 0 Å². The van der Waals surface area contributed by atoms with Gasteiger partial charge in [0, 0.05) is 10.5 Å². The molecule has 1 heterocycles. The van der Waals surface area contributed by atoms with Gasteiger partial charge in [-0.15, -0.1) is 0 Å². The number of thioether (sulfide) groups is 2. The quantitative estimate of drug-likeness (QED) is 0.802. The van der Waals surface area contributed by atoms with Gasteiger partial charge in [0.2, 0.25) is 0 Å². The minimum absolute atomic E-state index is 0.262. The molecule has 0 unspecified atom stereocenters. The number of rotatable bonds is 5. The molecule has 8 heteroatoms. The Morgan fingerprint density at radius 1 is 1.23 bits per heavy atom. The van der Waals surface area contributed by atoms with Crippen LogP contribution < -0.4 is 5.32 Å². The first-order valence-electron chi connectivity index (χ1n) is 6.61. The Labute approximate surface area is 135 Å². The SMILES string of the molecule is O=C(NC1(C(=O)O)CCSCC1)c1ccc(SC(F)F)cc1. The Morgan fingerprint density at radius 3 is 2.32 bits per heavy atom. The van der Waals surface area contributed by atoms with E-state index in [2.05, 4.69) is 5.32 Å². The zero-order valence-corrected chi connectivity index (χ0v) is 13.2. The number of carbonyl (C=O) groups is 2. The van der Waals surface area contributed by atoms with Gasteiger partial charge in [-0.25, -0.2) is 4.79 Å². The van der Waals surface area contributed by atoms with Crippen LogP contribution in [0.4, 0.5) is 8.78 Å². The predicted octanol–water partition coefficient (Wildman–Crippen LogP) is 3.08. The molecule has 0 bridgehead atoms. The van der Waals surface area contributed by atoms with Gasteiger partial charge in [0.05, 0.1) is 0 Å². The normalized spacial score (nSPS) is 17.2. The third kappa shape index (κ3) is 4.13. The summed E-state index contributed by atoms with van der Waals surface area (Å²) < 4.78 is 24.5. The molecule has 0 saturated carbocycles. The molecule has 2 N–H and O–H groups in total. The summed E-state index contributed by atoms with van der Waals surface area (Å²) in [5, 5.41) is 12.0. The lowest BCUT2D eigenvalue weighted by Crippen LogP contribution is -2.56. The number of nitrogens with one attached hydrogen (secondary N) is 1. The molecule has 1 aromatic rings. The number of hydrogen-bond donors (Lipinski definition) is 2. The third-order valence-electron chi connectivity index (χ3n) is 3.45. The molecule has 0 atom stereocenters. The maximum absolute atomic E-state index is 12.2. The molecule has 0 aliphatic carbocycles. The summed E-state index contributed by atoms with van der Waals surface area (Å²) in [4.78, 5) is 24.1. The molecular formula is C14H15F2NO3S2. The molecule has 0 aromatic heterocycles. The molecule has 1 fully saturated rings. The smallest absolute Gasteiger partial charge is 0.329 e. The molecular weight excluding hydrogens is 332 g/mol. The first kappa shape index (κ1) is 17.1. The standard InChI is InChI=1S/C14H15F2NO3S2/c15-13(16)22-10-3-1-9(2-4-10)11(18)17-14(12(19)20)5-7-21-8-6-14/h1-4,13H,5-8H2,(H,17,18)(H,19,20). The summed E-state index contributed by atoms with van der Waals surface area (Å²) in [6.45, 7) is 0. The van der Waals surface area contributed by atoms with E-state index in [9.17, 15) is 23.5 Å². The number of amides is 1. The lowest BCUT2D eigenvalue weighted by atomic mass is 9.92. The minimum atomic E-state index is -2.52. The van der Waals surface area contributed by atoms with E-state index in [4.69, 9.17) is 0 Å². The van der Waals surface area contributed by atoms with Gasteiger partial charge in [-0.05, 0) is 48.6 Å². The van der Waals surface area contributed by atoms with Crippen molar-refractivity contribution in [1.29, 1.82) is 0 Å². The maximum atomic E-state index is 12.2. The number of hydrogen-bond acceptors (Lipinski definition) is 4. The monoisotopic (exact) mass is 347 g/mol. The minimum Gasteiger partial charge on any atom is -0.480 e. The van der Waals surface area contributed by atoms with Gasteiger partial charge in [0.1, 0.15) is 5.54 Å². The maximum Gasteiger partial charge on any atom is 0.329 e. The van der Waals surface area contributed by atoms with E-state index in [1.807, 2.05) is 0 Å². The highest BCUT2D eigenvalue weighted by atomic mass is 32.2. The molecule has 120 valence electrons.